The lowest BCUT2D eigenvalue weighted by molar-refractivity contribution is 0.0573. The van der Waals surface area contributed by atoms with Crippen LogP contribution in [0.25, 0.3) is 10.4 Å². The second-order valence-electron chi connectivity index (χ2n) is 8.11. The van der Waals surface area contributed by atoms with Crippen molar-refractivity contribution in [3.63, 3.8) is 0 Å². The van der Waals surface area contributed by atoms with Crippen LogP contribution in [0.15, 0.2) is 48.7 Å². The first-order chi connectivity index (χ1) is 15.6. The number of aromatic nitrogens is 1. The molecule has 0 saturated carbocycles. The van der Waals surface area contributed by atoms with Crippen LogP contribution in [-0.4, -0.2) is 36.9 Å². The number of esters is 1. The van der Waals surface area contributed by atoms with Crippen molar-refractivity contribution < 1.29 is 28.2 Å². The van der Waals surface area contributed by atoms with E-state index < -0.39 is 23.5 Å². The third kappa shape index (κ3) is 6.07. The van der Waals surface area contributed by atoms with Crippen LogP contribution in [0.3, 0.4) is 0 Å². The number of anilines is 1. The Bertz CT molecular complexity index is 1140. The maximum atomic E-state index is 14.0. The number of amides is 1. The van der Waals surface area contributed by atoms with Crippen LogP contribution < -0.4 is 9.64 Å². The fourth-order valence-corrected chi connectivity index (χ4v) is 3.81. The Morgan fingerprint density at radius 2 is 1.79 bits per heavy atom. The molecule has 1 heterocycles. The average Bonchev–Trinajstić information content (AvgIpc) is 3.26. The first-order valence-corrected chi connectivity index (χ1v) is 10.9. The zero-order chi connectivity index (χ0) is 24.2. The molecule has 3 aromatic rings. The zero-order valence-corrected chi connectivity index (χ0v) is 19.9. The molecule has 0 aliphatic carbocycles. The number of methoxy groups -OCH3 is 2. The number of benzene rings is 2. The van der Waals surface area contributed by atoms with Crippen molar-refractivity contribution in [1.82, 2.24) is 4.98 Å². The van der Waals surface area contributed by atoms with Crippen LogP contribution in [0, 0.1) is 5.82 Å². The second-order valence-corrected chi connectivity index (χ2v) is 9.12. The van der Waals surface area contributed by atoms with E-state index in [1.165, 1.54) is 35.5 Å². The quantitative estimate of drug-likeness (QED) is 0.429. The molecule has 0 aliphatic rings. The van der Waals surface area contributed by atoms with E-state index in [-0.39, 0.29) is 12.1 Å². The summed E-state index contributed by atoms with van der Waals surface area (Å²) in [4.78, 5) is 31.3. The highest BCUT2D eigenvalue weighted by Gasteiger charge is 2.26. The van der Waals surface area contributed by atoms with E-state index >= 15 is 0 Å². The number of hydrogen-bond donors (Lipinski definition) is 0. The van der Waals surface area contributed by atoms with E-state index in [9.17, 15) is 14.0 Å². The van der Waals surface area contributed by atoms with Crippen molar-refractivity contribution in [3.8, 4) is 16.2 Å². The van der Waals surface area contributed by atoms with Crippen molar-refractivity contribution in [2.75, 3.05) is 19.1 Å². The molecule has 0 saturated heterocycles. The Morgan fingerprint density at radius 1 is 1.09 bits per heavy atom. The predicted octanol–water partition coefficient (Wildman–Crippen LogP) is 5.69. The van der Waals surface area contributed by atoms with Crippen molar-refractivity contribution in [1.29, 1.82) is 0 Å². The molecule has 0 bridgehead atoms. The molecule has 0 aliphatic heterocycles. The molecular formula is C24H25FN2O5S. The summed E-state index contributed by atoms with van der Waals surface area (Å²) in [5, 5.41) is 0.402. The highest BCUT2D eigenvalue weighted by molar-refractivity contribution is 7.19. The number of halogens is 1. The molecule has 9 heteroatoms. The Kier molecular flexibility index (Phi) is 7.33. The van der Waals surface area contributed by atoms with Crippen molar-refractivity contribution in [2.45, 2.75) is 32.9 Å². The fourth-order valence-electron chi connectivity index (χ4n) is 2.91. The highest BCUT2D eigenvalue weighted by atomic mass is 32.1. The first kappa shape index (κ1) is 24.2. The maximum absolute atomic E-state index is 14.0. The fraction of sp³-hybridized carbons (Fsp3) is 0.292. The molecule has 2 aromatic carbocycles. The molecule has 0 spiro atoms. The van der Waals surface area contributed by atoms with Gasteiger partial charge in [0.2, 0.25) is 0 Å². The van der Waals surface area contributed by atoms with E-state index in [0.717, 1.165) is 5.56 Å². The van der Waals surface area contributed by atoms with Crippen LogP contribution in [0.2, 0.25) is 0 Å². The van der Waals surface area contributed by atoms with Crippen LogP contribution in [0.1, 0.15) is 36.7 Å². The molecule has 1 aromatic heterocycles. The van der Waals surface area contributed by atoms with Gasteiger partial charge < -0.3 is 14.2 Å². The van der Waals surface area contributed by atoms with E-state index in [2.05, 4.69) is 9.72 Å². The molecule has 174 valence electrons. The Labute approximate surface area is 195 Å². The van der Waals surface area contributed by atoms with Crippen LogP contribution in [0.5, 0.6) is 5.75 Å². The number of carbonyl (C=O) groups excluding carboxylic acids is 2. The number of nitrogens with zero attached hydrogens (tertiary/aromatic N) is 2. The van der Waals surface area contributed by atoms with Crippen LogP contribution in [0.4, 0.5) is 14.3 Å². The number of rotatable bonds is 6. The van der Waals surface area contributed by atoms with Gasteiger partial charge in [-0.05, 0) is 56.2 Å². The Hall–Kier alpha value is -3.46. The minimum Gasteiger partial charge on any atom is -0.497 e. The van der Waals surface area contributed by atoms with E-state index in [1.54, 1.807) is 40.1 Å². The van der Waals surface area contributed by atoms with Gasteiger partial charge in [-0.1, -0.05) is 29.5 Å². The summed E-state index contributed by atoms with van der Waals surface area (Å²) < 4.78 is 29.4. The summed E-state index contributed by atoms with van der Waals surface area (Å²) in [7, 11) is 2.78. The number of carbonyl (C=O) groups is 2. The highest BCUT2D eigenvalue weighted by Crippen LogP contribution is 2.34. The van der Waals surface area contributed by atoms with E-state index in [4.69, 9.17) is 9.47 Å². The van der Waals surface area contributed by atoms with Gasteiger partial charge in [0.05, 0.1) is 31.2 Å². The van der Waals surface area contributed by atoms with Gasteiger partial charge in [-0.3, -0.25) is 0 Å². The standard InChI is InChI=1S/C24H25FN2O5S/c1-24(2,3)32-23(29)27(14-15-6-9-17(30-4)10-7-15)22-26-13-20(33-22)16-8-11-19(25)18(12-16)21(28)31-5/h6-13H,14H2,1-5H3. The van der Waals surface area contributed by atoms with Crippen LogP contribution >= 0.6 is 11.3 Å². The average molecular weight is 473 g/mol. The second kappa shape index (κ2) is 9.99. The lowest BCUT2D eigenvalue weighted by Gasteiger charge is -2.26. The number of hydrogen-bond acceptors (Lipinski definition) is 7. The third-order valence-electron chi connectivity index (χ3n) is 4.49. The molecule has 33 heavy (non-hydrogen) atoms. The SMILES string of the molecule is COC(=O)c1cc(-c2cnc(N(Cc3ccc(OC)cc3)C(=O)OC(C)(C)C)s2)ccc1F. The van der Waals surface area contributed by atoms with Gasteiger partial charge in [0.25, 0.3) is 0 Å². The van der Waals surface area contributed by atoms with Gasteiger partial charge in [0.1, 0.15) is 17.2 Å². The van der Waals surface area contributed by atoms with Gasteiger partial charge >= 0.3 is 12.1 Å². The maximum Gasteiger partial charge on any atom is 0.416 e. The molecule has 0 fully saturated rings. The summed E-state index contributed by atoms with van der Waals surface area (Å²) in [5.74, 6) is -0.740. The lowest BCUT2D eigenvalue weighted by atomic mass is 10.1. The van der Waals surface area contributed by atoms with Crippen molar-refractivity contribution in [2.24, 2.45) is 0 Å². The van der Waals surface area contributed by atoms with Gasteiger partial charge in [0.15, 0.2) is 5.13 Å². The largest absolute Gasteiger partial charge is 0.497 e. The topological polar surface area (TPSA) is 78.0 Å². The molecule has 1 amide bonds. The Balaban J connectivity index is 1.94. The number of ether oxygens (including phenoxy) is 3. The minimum absolute atomic E-state index is 0.174. The van der Waals surface area contributed by atoms with Gasteiger partial charge in [-0.25, -0.2) is 23.9 Å². The number of thiazole rings is 1. The van der Waals surface area contributed by atoms with E-state index in [0.29, 0.717) is 21.3 Å². The summed E-state index contributed by atoms with van der Waals surface area (Å²) in [6.45, 7) is 5.59. The smallest absolute Gasteiger partial charge is 0.416 e. The lowest BCUT2D eigenvalue weighted by Crippen LogP contribution is -2.36. The van der Waals surface area contributed by atoms with Gasteiger partial charge in [-0.15, -0.1) is 0 Å². The summed E-state index contributed by atoms with van der Waals surface area (Å²) >= 11 is 1.22. The summed E-state index contributed by atoms with van der Waals surface area (Å²) in [5.41, 5.74) is 0.566. The normalized spacial score (nSPS) is 11.1. The molecule has 0 unspecified atom stereocenters. The van der Waals surface area contributed by atoms with E-state index in [1.807, 2.05) is 24.3 Å². The molecule has 0 atom stereocenters. The monoisotopic (exact) mass is 472 g/mol. The molecular weight excluding hydrogens is 447 g/mol. The molecule has 0 radical (unpaired) electrons. The molecule has 7 nitrogen and oxygen atoms in total. The minimum atomic E-state index is -0.769. The zero-order valence-electron chi connectivity index (χ0n) is 19.0. The summed E-state index contributed by atoms with van der Waals surface area (Å²) in [6, 6.07) is 11.5. The van der Waals surface area contributed by atoms with Gasteiger partial charge in [0, 0.05) is 6.20 Å². The Morgan fingerprint density at radius 3 is 2.39 bits per heavy atom. The van der Waals surface area contributed by atoms with Crippen molar-refractivity contribution in [3.05, 3.63) is 65.6 Å². The first-order valence-electron chi connectivity index (χ1n) is 10.1. The molecule has 3 rings (SSSR count). The molecule has 0 N–H and O–H groups in total. The van der Waals surface area contributed by atoms with Crippen molar-refractivity contribution >= 4 is 28.5 Å². The summed E-state index contributed by atoms with van der Waals surface area (Å²) in [6.07, 6.45) is 1.02. The third-order valence-corrected chi connectivity index (χ3v) is 5.56. The van der Waals surface area contributed by atoms with Gasteiger partial charge in [-0.2, -0.15) is 0 Å². The predicted molar refractivity (Wildman–Crippen MR) is 124 cm³/mol. The van der Waals surface area contributed by atoms with Crippen LogP contribution in [-0.2, 0) is 16.0 Å².